The van der Waals surface area contributed by atoms with Crippen molar-refractivity contribution in [1.29, 1.82) is 0 Å². The van der Waals surface area contributed by atoms with Gasteiger partial charge >= 0.3 is 5.97 Å². The third-order valence-electron chi connectivity index (χ3n) is 4.40. The van der Waals surface area contributed by atoms with Gasteiger partial charge in [0.1, 0.15) is 0 Å². The molecule has 1 aromatic heterocycles. The van der Waals surface area contributed by atoms with Gasteiger partial charge in [0.2, 0.25) is 5.91 Å². The van der Waals surface area contributed by atoms with Gasteiger partial charge in [-0.3, -0.25) is 4.79 Å². The first-order chi connectivity index (χ1) is 10.0. The van der Waals surface area contributed by atoms with Crippen molar-refractivity contribution in [1.82, 2.24) is 19.9 Å². The van der Waals surface area contributed by atoms with Crippen molar-refractivity contribution in [2.24, 2.45) is 11.7 Å². The number of carbonyl (C=O) groups excluding carboxylic acids is 1. The molecule has 3 N–H and O–H groups in total. The van der Waals surface area contributed by atoms with Crippen LogP contribution in [0.3, 0.4) is 0 Å². The van der Waals surface area contributed by atoms with Gasteiger partial charge in [0.05, 0.1) is 12.2 Å². The lowest BCUT2D eigenvalue weighted by atomic mass is 9.85. The van der Waals surface area contributed by atoms with Crippen LogP contribution in [0, 0.1) is 5.92 Å². The lowest BCUT2D eigenvalue weighted by molar-refractivity contribution is -0.142. The Morgan fingerprint density at radius 1 is 1.24 bits per heavy atom. The van der Waals surface area contributed by atoms with E-state index in [1.807, 2.05) is 4.90 Å². The molecule has 2 heterocycles. The first-order valence-electron chi connectivity index (χ1n) is 7.24. The van der Waals surface area contributed by atoms with Crippen molar-refractivity contribution in [3.05, 3.63) is 11.9 Å². The fraction of sp³-hybridized carbons (Fsp3) is 0.692. The second kappa shape index (κ2) is 5.44. The number of likely N-dealkylation sites (tertiary alicyclic amines) is 1. The minimum absolute atomic E-state index is 0.0281. The SMILES string of the molecule is NC1CCC(C(=O)N2CC(n3cc(C(=O)O)nn3)C2)CC1. The smallest absolute Gasteiger partial charge is 0.358 e. The number of rotatable bonds is 3. The van der Waals surface area contributed by atoms with Crippen LogP contribution < -0.4 is 5.73 Å². The summed E-state index contributed by atoms with van der Waals surface area (Å²) >= 11 is 0. The van der Waals surface area contributed by atoms with Gasteiger partial charge in [-0.25, -0.2) is 9.48 Å². The Bertz CT molecular complexity index is 544. The van der Waals surface area contributed by atoms with E-state index in [0.29, 0.717) is 13.1 Å². The predicted octanol–water partition coefficient (Wildman–Crippen LogP) is -0.123. The molecule has 2 aliphatic rings. The molecule has 0 spiro atoms. The highest BCUT2D eigenvalue weighted by atomic mass is 16.4. The van der Waals surface area contributed by atoms with Crippen LogP contribution in [0.4, 0.5) is 0 Å². The van der Waals surface area contributed by atoms with Crippen molar-refractivity contribution in [2.45, 2.75) is 37.8 Å². The molecule has 21 heavy (non-hydrogen) atoms. The van der Waals surface area contributed by atoms with E-state index in [1.165, 1.54) is 10.9 Å². The zero-order chi connectivity index (χ0) is 15.0. The zero-order valence-electron chi connectivity index (χ0n) is 11.7. The second-order valence-corrected chi connectivity index (χ2v) is 5.90. The molecule has 8 nitrogen and oxygen atoms in total. The molecule has 8 heteroatoms. The maximum absolute atomic E-state index is 12.3. The Balaban J connectivity index is 1.53. The van der Waals surface area contributed by atoms with Crippen LogP contribution in [0.5, 0.6) is 0 Å². The van der Waals surface area contributed by atoms with Crippen LogP contribution in [0.25, 0.3) is 0 Å². The fourth-order valence-electron chi connectivity index (χ4n) is 2.98. The highest BCUT2D eigenvalue weighted by molar-refractivity contribution is 5.84. The number of carbonyl (C=O) groups is 2. The van der Waals surface area contributed by atoms with Gasteiger partial charge in [0, 0.05) is 25.0 Å². The van der Waals surface area contributed by atoms with Gasteiger partial charge in [-0.15, -0.1) is 5.10 Å². The summed E-state index contributed by atoms with van der Waals surface area (Å²) in [6.45, 7) is 1.15. The van der Waals surface area contributed by atoms with Crippen LogP contribution in [0.1, 0.15) is 42.2 Å². The Morgan fingerprint density at radius 3 is 2.48 bits per heavy atom. The molecular formula is C13H19N5O3. The summed E-state index contributed by atoms with van der Waals surface area (Å²) in [6, 6.07) is 0.267. The minimum Gasteiger partial charge on any atom is -0.476 e. The van der Waals surface area contributed by atoms with Crippen molar-refractivity contribution >= 4 is 11.9 Å². The summed E-state index contributed by atoms with van der Waals surface area (Å²) < 4.78 is 1.53. The summed E-state index contributed by atoms with van der Waals surface area (Å²) in [6.07, 6.45) is 4.98. The normalized spacial score (nSPS) is 26.4. The molecule has 0 radical (unpaired) electrons. The van der Waals surface area contributed by atoms with Gasteiger partial charge in [0.15, 0.2) is 5.69 Å². The van der Waals surface area contributed by atoms with Crippen molar-refractivity contribution in [2.75, 3.05) is 13.1 Å². The van der Waals surface area contributed by atoms with Gasteiger partial charge < -0.3 is 15.7 Å². The Labute approximate surface area is 121 Å². The summed E-state index contributed by atoms with van der Waals surface area (Å²) in [5.41, 5.74) is 5.78. The molecule has 3 rings (SSSR count). The number of amides is 1. The molecule has 0 aromatic carbocycles. The largest absolute Gasteiger partial charge is 0.476 e. The summed E-state index contributed by atoms with van der Waals surface area (Å²) in [5.74, 6) is -0.806. The molecule has 1 saturated carbocycles. The van der Waals surface area contributed by atoms with E-state index in [0.717, 1.165) is 25.7 Å². The van der Waals surface area contributed by atoms with E-state index in [-0.39, 0.29) is 29.6 Å². The van der Waals surface area contributed by atoms with Gasteiger partial charge in [-0.1, -0.05) is 5.21 Å². The molecule has 1 saturated heterocycles. The number of hydrogen-bond acceptors (Lipinski definition) is 5. The average Bonchev–Trinajstić information content (AvgIpc) is 2.87. The summed E-state index contributed by atoms with van der Waals surface area (Å²) in [4.78, 5) is 24.9. The molecule has 1 amide bonds. The topological polar surface area (TPSA) is 114 Å². The Kier molecular flexibility index (Phi) is 3.62. The van der Waals surface area contributed by atoms with Crippen LogP contribution in [-0.2, 0) is 4.79 Å². The fourth-order valence-corrected chi connectivity index (χ4v) is 2.98. The van der Waals surface area contributed by atoms with Crippen molar-refractivity contribution in [3.8, 4) is 0 Å². The van der Waals surface area contributed by atoms with E-state index in [9.17, 15) is 9.59 Å². The molecule has 0 bridgehead atoms. The molecular weight excluding hydrogens is 274 g/mol. The number of nitrogens with two attached hydrogens (primary N) is 1. The first-order valence-corrected chi connectivity index (χ1v) is 7.24. The number of aromatic nitrogens is 3. The lowest BCUT2D eigenvalue weighted by Crippen LogP contribution is -2.53. The lowest BCUT2D eigenvalue weighted by Gasteiger charge is -2.41. The van der Waals surface area contributed by atoms with Gasteiger partial charge in [0.25, 0.3) is 0 Å². The number of carboxylic acid groups (broad SMARTS) is 1. The summed E-state index contributed by atoms with van der Waals surface area (Å²) in [5, 5.41) is 16.2. The monoisotopic (exact) mass is 293 g/mol. The molecule has 2 fully saturated rings. The van der Waals surface area contributed by atoms with Crippen LogP contribution in [0.15, 0.2) is 6.20 Å². The van der Waals surface area contributed by atoms with E-state index in [1.54, 1.807) is 0 Å². The van der Waals surface area contributed by atoms with Crippen LogP contribution in [-0.4, -0.2) is 56.0 Å². The second-order valence-electron chi connectivity index (χ2n) is 5.90. The molecule has 114 valence electrons. The molecule has 0 unspecified atom stereocenters. The van der Waals surface area contributed by atoms with E-state index in [4.69, 9.17) is 10.8 Å². The maximum atomic E-state index is 12.3. The zero-order valence-corrected chi connectivity index (χ0v) is 11.7. The molecule has 1 aliphatic heterocycles. The predicted molar refractivity (Wildman–Crippen MR) is 72.5 cm³/mol. The molecule has 1 aromatic rings. The quantitative estimate of drug-likeness (QED) is 0.802. The highest BCUT2D eigenvalue weighted by Gasteiger charge is 2.37. The standard InChI is InChI=1S/C13H19N5O3/c14-9-3-1-8(2-4-9)12(19)17-5-10(6-17)18-7-11(13(20)21)15-16-18/h7-10H,1-6,14H2,(H,20,21). The number of carboxylic acids is 1. The van der Waals surface area contributed by atoms with Crippen molar-refractivity contribution in [3.63, 3.8) is 0 Å². The number of nitrogens with zero attached hydrogens (tertiary/aromatic N) is 4. The van der Waals surface area contributed by atoms with Crippen molar-refractivity contribution < 1.29 is 14.7 Å². The molecule has 0 atom stereocenters. The van der Waals surface area contributed by atoms with Crippen LogP contribution >= 0.6 is 0 Å². The van der Waals surface area contributed by atoms with Gasteiger partial charge in [-0.05, 0) is 25.7 Å². The minimum atomic E-state index is -1.09. The van der Waals surface area contributed by atoms with E-state index >= 15 is 0 Å². The maximum Gasteiger partial charge on any atom is 0.358 e. The van der Waals surface area contributed by atoms with E-state index in [2.05, 4.69) is 10.3 Å². The van der Waals surface area contributed by atoms with Crippen LogP contribution in [0.2, 0.25) is 0 Å². The Hall–Kier alpha value is -1.96. The number of hydrogen-bond donors (Lipinski definition) is 2. The highest BCUT2D eigenvalue weighted by Crippen LogP contribution is 2.29. The molecule has 1 aliphatic carbocycles. The average molecular weight is 293 g/mol. The number of aromatic carboxylic acids is 1. The van der Waals surface area contributed by atoms with Gasteiger partial charge in [-0.2, -0.15) is 0 Å². The third kappa shape index (κ3) is 2.76. The summed E-state index contributed by atoms with van der Waals surface area (Å²) in [7, 11) is 0. The first kappa shape index (κ1) is 14.0. The third-order valence-corrected chi connectivity index (χ3v) is 4.40. The van der Waals surface area contributed by atoms with E-state index < -0.39 is 5.97 Å². The Morgan fingerprint density at radius 2 is 1.90 bits per heavy atom.